The summed E-state index contributed by atoms with van der Waals surface area (Å²) in [4.78, 5) is 10.9. The maximum Gasteiger partial charge on any atom is 0.241 e. The van der Waals surface area contributed by atoms with Gasteiger partial charge in [-0.15, -0.1) is 0 Å². The quantitative estimate of drug-likeness (QED) is 0.333. The van der Waals surface area contributed by atoms with Crippen LogP contribution in [-0.4, -0.2) is 41.6 Å². The molecule has 0 radical (unpaired) electrons. The van der Waals surface area contributed by atoms with Crippen molar-refractivity contribution < 1.29 is 27.4 Å². The number of sulfonamides is 1. The molecule has 0 bridgehead atoms. The summed E-state index contributed by atoms with van der Waals surface area (Å²) in [5.74, 6) is 1.45. The number of ether oxygens (including phenoxy) is 3. The lowest BCUT2D eigenvalue weighted by molar-refractivity contribution is 0.101. The molecule has 0 unspecified atom stereocenters. The molecule has 8 nitrogen and oxygen atoms in total. The lowest BCUT2D eigenvalue weighted by atomic mass is 10.1. The highest BCUT2D eigenvalue weighted by Crippen LogP contribution is 2.25. The minimum atomic E-state index is -3.88. The molecule has 0 fully saturated rings. The number of ketones is 1. The molecule has 0 aliphatic rings. The number of primary sulfonamides is 1. The SMILES string of the molecule is COc1ccc(C(C)=O)cc1S(N)(=O)=O.COc1ccccc1OCCNCc1ccccc1. The summed E-state index contributed by atoms with van der Waals surface area (Å²) < 4.78 is 38.1. The minimum absolute atomic E-state index is 0.127. The Morgan fingerprint density at radius 3 is 2.09 bits per heavy atom. The van der Waals surface area contributed by atoms with Gasteiger partial charge in [-0.25, -0.2) is 13.6 Å². The third-order valence-electron chi connectivity index (χ3n) is 4.65. The lowest BCUT2D eigenvalue weighted by Gasteiger charge is -2.10. The van der Waals surface area contributed by atoms with Crippen molar-refractivity contribution in [2.45, 2.75) is 18.4 Å². The van der Waals surface area contributed by atoms with Crippen LogP contribution in [0, 0.1) is 0 Å². The second kappa shape index (κ2) is 13.3. The summed E-state index contributed by atoms with van der Waals surface area (Å²) in [7, 11) is -0.899. The van der Waals surface area contributed by atoms with E-state index in [2.05, 4.69) is 17.4 Å². The van der Waals surface area contributed by atoms with Crippen LogP contribution in [0.5, 0.6) is 17.2 Å². The number of carbonyl (C=O) groups is 1. The van der Waals surface area contributed by atoms with Gasteiger partial charge in [-0.1, -0.05) is 42.5 Å². The van der Waals surface area contributed by atoms with Crippen molar-refractivity contribution in [2.75, 3.05) is 27.4 Å². The van der Waals surface area contributed by atoms with Gasteiger partial charge < -0.3 is 19.5 Å². The van der Waals surface area contributed by atoms with Gasteiger partial charge in [0.25, 0.3) is 0 Å². The molecule has 3 N–H and O–H groups in total. The van der Waals surface area contributed by atoms with Crippen LogP contribution in [0.3, 0.4) is 0 Å². The highest BCUT2D eigenvalue weighted by Gasteiger charge is 2.16. The number of rotatable bonds is 10. The predicted octanol–water partition coefficient (Wildman–Crippen LogP) is 3.41. The summed E-state index contributed by atoms with van der Waals surface area (Å²) in [6, 6.07) is 22.1. The highest BCUT2D eigenvalue weighted by molar-refractivity contribution is 7.89. The lowest BCUT2D eigenvalue weighted by Crippen LogP contribution is -2.20. The first kappa shape index (κ1) is 26.8. The average Bonchev–Trinajstić information content (AvgIpc) is 2.84. The summed E-state index contributed by atoms with van der Waals surface area (Å²) in [6.45, 7) is 3.62. The van der Waals surface area contributed by atoms with Crippen molar-refractivity contribution >= 4 is 15.8 Å². The van der Waals surface area contributed by atoms with E-state index in [1.807, 2.05) is 42.5 Å². The number of benzene rings is 3. The van der Waals surface area contributed by atoms with E-state index in [0.717, 1.165) is 24.6 Å². The standard InChI is InChI=1S/C16H19NO2.C9H11NO4S/c1-18-15-9-5-6-10-16(15)19-12-11-17-13-14-7-3-2-4-8-14;1-6(11)7-3-4-8(14-2)9(5-7)15(10,12)13/h2-10,17H,11-13H2,1H3;3-5H,1-2H3,(H2,10,12,13). The number of methoxy groups -OCH3 is 2. The van der Waals surface area contributed by atoms with Crippen molar-refractivity contribution in [3.63, 3.8) is 0 Å². The van der Waals surface area contributed by atoms with Crippen LogP contribution in [0.4, 0.5) is 0 Å². The summed E-state index contributed by atoms with van der Waals surface area (Å²) in [5.41, 5.74) is 1.56. The van der Waals surface area contributed by atoms with Gasteiger partial charge in [-0.2, -0.15) is 0 Å². The number of para-hydroxylation sites is 2. The monoisotopic (exact) mass is 486 g/mol. The second-order valence-corrected chi connectivity index (χ2v) is 8.66. The van der Waals surface area contributed by atoms with Gasteiger partial charge in [0.15, 0.2) is 17.3 Å². The van der Waals surface area contributed by atoms with Crippen molar-refractivity contribution in [3.8, 4) is 17.2 Å². The van der Waals surface area contributed by atoms with E-state index in [1.54, 1.807) is 7.11 Å². The van der Waals surface area contributed by atoms with Gasteiger partial charge >= 0.3 is 0 Å². The summed E-state index contributed by atoms with van der Waals surface area (Å²) >= 11 is 0. The first-order chi connectivity index (χ1) is 16.3. The Balaban J connectivity index is 0.000000248. The molecule has 0 spiro atoms. The van der Waals surface area contributed by atoms with Crippen LogP contribution in [0.15, 0.2) is 77.7 Å². The molecular weight excluding hydrogens is 456 g/mol. The predicted molar refractivity (Wildman–Crippen MR) is 131 cm³/mol. The second-order valence-electron chi connectivity index (χ2n) is 7.13. The van der Waals surface area contributed by atoms with Crippen LogP contribution in [0.1, 0.15) is 22.8 Å². The first-order valence-electron chi connectivity index (χ1n) is 10.5. The van der Waals surface area contributed by atoms with E-state index in [-0.39, 0.29) is 22.0 Å². The molecule has 34 heavy (non-hydrogen) atoms. The fraction of sp³-hybridized carbons (Fsp3) is 0.240. The fourth-order valence-electron chi connectivity index (χ4n) is 2.92. The molecule has 3 aromatic carbocycles. The zero-order valence-electron chi connectivity index (χ0n) is 19.5. The molecule has 0 aromatic heterocycles. The van der Waals surface area contributed by atoms with Gasteiger partial charge in [-0.05, 0) is 42.8 Å². The van der Waals surface area contributed by atoms with Crippen LogP contribution < -0.4 is 24.7 Å². The number of nitrogens with one attached hydrogen (secondary N) is 1. The van der Waals surface area contributed by atoms with E-state index in [4.69, 9.17) is 19.3 Å². The fourth-order valence-corrected chi connectivity index (χ4v) is 3.64. The topological polar surface area (TPSA) is 117 Å². The Bertz CT molecular complexity index is 1170. The van der Waals surface area contributed by atoms with E-state index in [9.17, 15) is 13.2 Å². The number of carbonyl (C=O) groups excluding carboxylic acids is 1. The van der Waals surface area contributed by atoms with Gasteiger partial charge in [0.1, 0.15) is 17.3 Å². The van der Waals surface area contributed by atoms with Gasteiger partial charge in [-0.3, -0.25) is 4.79 Å². The molecule has 9 heteroatoms. The number of Topliss-reactive ketones (excluding diaryl/α,β-unsaturated/α-hetero) is 1. The first-order valence-corrected chi connectivity index (χ1v) is 12.0. The molecule has 0 saturated carbocycles. The van der Waals surface area contributed by atoms with E-state index < -0.39 is 10.0 Å². The molecule has 0 aliphatic heterocycles. The number of nitrogens with two attached hydrogens (primary N) is 1. The molecular formula is C25H30N2O6S. The maximum absolute atomic E-state index is 11.2. The molecule has 0 atom stereocenters. The van der Waals surface area contributed by atoms with Crippen molar-refractivity contribution in [1.29, 1.82) is 0 Å². The van der Waals surface area contributed by atoms with E-state index in [0.29, 0.717) is 6.61 Å². The third kappa shape index (κ3) is 8.51. The van der Waals surface area contributed by atoms with Crippen LogP contribution in [0.25, 0.3) is 0 Å². The van der Waals surface area contributed by atoms with Crippen LogP contribution in [0.2, 0.25) is 0 Å². The molecule has 0 aliphatic carbocycles. The summed E-state index contributed by atoms with van der Waals surface area (Å²) in [5, 5.41) is 8.33. The average molecular weight is 487 g/mol. The minimum Gasteiger partial charge on any atom is -0.495 e. The van der Waals surface area contributed by atoms with Crippen molar-refractivity contribution in [3.05, 3.63) is 83.9 Å². The Labute approximate surface area is 200 Å². The zero-order chi connectivity index (χ0) is 25.0. The Morgan fingerprint density at radius 2 is 1.50 bits per heavy atom. The van der Waals surface area contributed by atoms with Gasteiger partial charge in [0.05, 0.1) is 14.2 Å². The molecule has 0 heterocycles. The van der Waals surface area contributed by atoms with Crippen LogP contribution >= 0.6 is 0 Å². The normalized spacial score (nSPS) is 10.6. The molecule has 0 saturated heterocycles. The van der Waals surface area contributed by atoms with Gasteiger partial charge in [0.2, 0.25) is 10.0 Å². The molecule has 3 aromatic rings. The smallest absolute Gasteiger partial charge is 0.241 e. The zero-order valence-corrected chi connectivity index (χ0v) is 20.3. The van der Waals surface area contributed by atoms with Crippen molar-refractivity contribution in [2.24, 2.45) is 5.14 Å². The van der Waals surface area contributed by atoms with Crippen molar-refractivity contribution in [1.82, 2.24) is 5.32 Å². The van der Waals surface area contributed by atoms with Gasteiger partial charge in [0, 0.05) is 18.7 Å². The highest BCUT2D eigenvalue weighted by atomic mass is 32.2. The Hall–Kier alpha value is -3.40. The Kier molecular flexibility index (Phi) is 10.5. The third-order valence-corrected chi connectivity index (χ3v) is 5.59. The Morgan fingerprint density at radius 1 is 0.882 bits per heavy atom. The summed E-state index contributed by atoms with van der Waals surface area (Å²) in [6.07, 6.45) is 0. The maximum atomic E-state index is 11.2. The van der Waals surface area contributed by atoms with Crippen LogP contribution in [-0.2, 0) is 16.6 Å². The molecule has 0 amide bonds. The molecule has 182 valence electrons. The van der Waals surface area contributed by atoms with E-state index in [1.165, 1.54) is 37.8 Å². The molecule has 3 rings (SSSR count). The number of hydrogen-bond donors (Lipinski definition) is 2. The number of hydrogen-bond acceptors (Lipinski definition) is 7. The van der Waals surface area contributed by atoms with E-state index >= 15 is 0 Å². The largest absolute Gasteiger partial charge is 0.495 e.